The van der Waals surface area contributed by atoms with Crippen molar-refractivity contribution in [1.82, 2.24) is 9.13 Å². The van der Waals surface area contributed by atoms with E-state index < -0.39 is 0 Å². The number of benzene rings is 2. The number of aromatic nitrogens is 2. The topological polar surface area (TPSA) is 64.2 Å². The summed E-state index contributed by atoms with van der Waals surface area (Å²) in [6.45, 7) is 4.24. The fraction of sp³-hybridized carbons (Fsp3) is 0.280. The highest BCUT2D eigenvalue weighted by Gasteiger charge is 2.22. The Morgan fingerprint density at radius 3 is 2.16 bits per heavy atom. The van der Waals surface area contributed by atoms with Crippen molar-refractivity contribution in [3.05, 3.63) is 91.6 Å². The Morgan fingerprint density at radius 2 is 1.55 bits per heavy atom. The predicted molar refractivity (Wildman–Crippen MR) is 127 cm³/mol. The number of aliphatic hydroxyl groups excluding tert-OH is 1. The van der Waals surface area contributed by atoms with Crippen molar-refractivity contribution in [2.75, 3.05) is 6.61 Å². The molecular weight excluding hydrogens is 408 g/mol. The van der Waals surface area contributed by atoms with E-state index >= 15 is 0 Å². The molecule has 160 valence electrons. The maximum atomic E-state index is 13.4. The molecule has 6 heteroatoms. The Morgan fingerprint density at radius 1 is 0.935 bits per heavy atom. The molecule has 0 radical (unpaired) electrons. The van der Waals surface area contributed by atoms with Gasteiger partial charge in [0.2, 0.25) is 0 Å². The number of hydrogen-bond acceptors (Lipinski definition) is 4. The van der Waals surface area contributed by atoms with E-state index in [0.717, 1.165) is 21.6 Å². The molecule has 0 spiro atoms. The molecule has 31 heavy (non-hydrogen) atoms. The molecule has 1 N–H and O–H groups in total. The van der Waals surface area contributed by atoms with Crippen molar-refractivity contribution in [3.8, 4) is 10.4 Å². The molecule has 4 aromatic rings. The smallest absolute Gasteiger partial charge is 0.331 e. The molecular formula is C25H26N2O3S. The molecule has 0 aliphatic carbocycles. The van der Waals surface area contributed by atoms with E-state index in [1.54, 1.807) is 11.6 Å². The monoisotopic (exact) mass is 434 g/mol. The third kappa shape index (κ3) is 4.01. The van der Waals surface area contributed by atoms with E-state index in [4.69, 9.17) is 0 Å². The molecule has 0 unspecified atom stereocenters. The van der Waals surface area contributed by atoms with Crippen molar-refractivity contribution in [2.24, 2.45) is 7.05 Å². The summed E-state index contributed by atoms with van der Waals surface area (Å²) in [5, 5.41) is 9.82. The molecule has 0 aliphatic rings. The zero-order valence-corrected chi connectivity index (χ0v) is 18.8. The number of nitrogens with zero attached hydrogens (tertiary/aromatic N) is 2. The summed E-state index contributed by atoms with van der Waals surface area (Å²) < 4.78 is 2.82. The highest BCUT2D eigenvalue weighted by atomic mass is 32.1. The Kier molecular flexibility index (Phi) is 5.94. The van der Waals surface area contributed by atoms with Crippen LogP contribution in [0.15, 0.2) is 58.1 Å². The van der Waals surface area contributed by atoms with Crippen molar-refractivity contribution in [3.63, 3.8) is 0 Å². The van der Waals surface area contributed by atoms with Crippen LogP contribution in [0.1, 0.15) is 28.7 Å². The van der Waals surface area contributed by atoms with E-state index in [1.165, 1.54) is 27.0 Å². The van der Waals surface area contributed by atoms with Crippen molar-refractivity contribution < 1.29 is 5.11 Å². The van der Waals surface area contributed by atoms with Crippen molar-refractivity contribution in [2.45, 2.75) is 33.2 Å². The van der Waals surface area contributed by atoms with Crippen LogP contribution in [0.3, 0.4) is 0 Å². The van der Waals surface area contributed by atoms with Gasteiger partial charge in [0.1, 0.15) is 4.83 Å². The van der Waals surface area contributed by atoms with Crippen LogP contribution in [0.5, 0.6) is 0 Å². The first-order valence-corrected chi connectivity index (χ1v) is 11.2. The Hall–Kier alpha value is -2.96. The average Bonchev–Trinajstić information content (AvgIpc) is 3.14. The van der Waals surface area contributed by atoms with Crippen LogP contribution in [-0.4, -0.2) is 20.8 Å². The van der Waals surface area contributed by atoms with E-state index in [1.807, 2.05) is 6.92 Å². The second-order valence-corrected chi connectivity index (χ2v) is 8.99. The molecule has 0 atom stereocenters. The highest BCUT2D eigenvalue weighted by molar-refractivity contribution is 7.22. The lowest BCUT2D eigenvalue weighted by molar-refractivity contribution is 0.277. The minimum absolute atomic E-state index is 0.0674. The first-order valence-electron chi connectivity index (χ1n) is 10.4. The Labute approximate surface area is 184 Å². The van der Waals surface area contributed by atoms with Crippen molar-refractivity contribution in [1.29, 1.82) is 0 Å². The average molecular weight is 435 g/mol. The highest BCUT2D eigenvalue weighted by Crippen LogP contribution is 2.38. The number of hydrogen-bond donors (Lipinski definition) is 1. The molecule has 2 heterocycles. The maximum absolute atomic E-state index is 13.4. The van der Waals surface area contributed by atoms with Gasteiger partial charge in [-0.2, -0.15) is 0 Å². The van der Waals surface area contributed by atoms with Crippen LogP contribution in [0.4, 0.5) is 0 Å². The fourth-order valence-electron chi connectivity index (χ4n) is 3.84. The predicted octanol–water partition coefficient (Wildman–Crippen LogP) is 4.02. The van der Waals surface area contributed by atoms with Gasteiger partial charge in [-0.1, -0.05) is 59.7 Å². The molecule has 0 amide bonds. The second-order valence-electron chi connectivity index (χ2n) is 7.99. The SMILES string of the molecule is Cc1ccc(Cc2c(-c3ccc(C)cc3)sc3c2c(=O)n(CCCO)c(=O)n3C)cc1. The van der Waals surface area contributed by atoms with Crippen LogP contribution in [0.2, 0.25) is 0 Å². The normalized spacial score (nSPS) is 11.4. The first kappa shape index (κ1) is 21.3. The number of aliphatic hydroxyl groups is 1. The third-order valence-electron chi connectivity index (χ3n) is 5.63. The number of thiophene rings is 1. The Bertz CT molecular complexity index is 1340. The van der Waals surface area contributed by atoms with Crippen LogP contribution in [0.25, 0.3) is 20.7 Å². The molecule has 0 fully saturated rings. The van der Waals surface area contributed by atoms with Crippen molar-refractivity contribution >= 4 is 21.6 Å². The largest absolute Gasteiger partial charge is 0.396 e. The van der Waals surface area contributed by atoms with Crippen LogP contribution < -0.4 is 11.2 Å². The maximum Gasteiger partial charge on any atom is 0.331 e. The van der Waals surface area contributed by atoms with Gasteiger partial charge in [-0.15, -0.1) is 11.3 Å². The number of rotatable bonds is 6. The van der Waals surface area contributed by atoms with Gasteiger partial charge >= 0.3 is 5.69 Å². The van der Waals surface area contributed by atoms with Crippen LogP contribution >= 0.6 is 11.3 Å². The third-order valence-corrected chi connectivity index (χ3v) is 6.98. The second kappa shape index (κ2) is 8.65. The summed E-state index contributed by atoms with van der Waals surface area (Å²) in [5.41, 5.74) is 4.85. The van der Waals surface area contributed by atoms with E-state index in [9.17, 15) is 14.7 Å². The number of fused-ring (bicyclic) bond motifs is 1. The molecule has 0 saturated carbocycles. The molecule has 2 aromatic carbocycles. The van der Waals surface area contributed by atoms with Gasteiger partial charge in [0.25, 0.3) is 5.56 Å². The summed E-state index contributed by atoms with van der Waals surface area (Å²) in [5.74, 6) is 0. The summed E-state index contributed by atoms with van der Waals surface area (Å²) >= 11 is 1.49. The lowest BCUT2D eigenvalue weighted by Crippen LogP contribution is -2.39. The molecule has 2 aromatic heterocycles. The quantitative estimate of drug-likeness (QED) is 0.499. The zero-order chi connectivity index (χ0) is 22.1. The summed E-state index contributed by atoms with van der Waals surface area (Å²) in [6.07, 6.45) is 0.972. The van der Waals surface area contributed by atoms with Gasteiger partial charge in [0.15, 0.2) is 0 Å². The van der Waals surface area contributed by atoms with Gasteiger partial charge in [-0.05, 0) is 43.4 Å². The molecule has 4 rings (SSSR count). The molecule has 0 aliphatic heterocycles. The van der Waals surface area contributed by atoms with Gasteiger partial charge in [0, 0.05) is 25.1 Å². The Balaban J connectivity index is 2.01. The van der Waals surface area contributed by atoms with Gasteiger partial charge in [-0.3, -0.25) is 13.9 Å². The van der Waals surface area contributed by atoms with E-state index in [-0.39, 0.29) is 24.4 Å². The summed E-state index contributed by atoms with van der Waals surface area (Å²) in [4.78, 5) is 28.0. The van der Waals surface area contributed by atoms with E-state index in [2.05, 4.69) is 55.5 Å². The lowest BCUT2D eigenvalue weighted by Gasteiger charge is -2.09. The van der Waals surface area contributed by atoms with Gasteiger partial charge in [-0.25, -0.2) is 4.79 Å². The fourth-order valence-corrected chi connectivity index (χ4v) is 5.11. The minimum atomic E-state index is -0.343. The lowest BCUT2D eigenvalue weighted by atomic mass is 9.99. The zero-order valence-electron chi connectivity index (χ0n) is 18.0. The van der Waals surface area contributed by atoms with Gasteiger partial charge < -0.3 is 5.11 Å². The minimum Gasteiger partial charge on any atom is -0.396 e. The van der Waals surface area contributed by atoms with Crippen LogP contribution in [0, 0.1) is 13.8 Å². The summed E-state index contributed by atoms with van der Waals surface area (Å²) in [7, 11) is 1.71. The molecule has 0 saturated heterocycles. The molecule has 0 bridgehead atoms. The summed E-state index contributed by atoms with van der Waals surface area (Å²) in [6, 6.07) is 16.6. The van der Waals surface area contributed by atoms with Crippen LogP contribution in [-0.2, 0) is 20.0 Å². The number of aryl methyl sites for hydroxylation is 3. The van der Waals surface area contributed by atoms with E-state index in [0.29, 0.717) is 23.1 Å². The van der Waals surface area contributed by atoms with Gasteiger partial charge in [0.05, 0.1) is 5.39 Å². The first-order chi connectivity index (χ1) is 14.9. The standard InChI is InChI=1S/C25H26N2O3S/c1-16-5-9-18(10-6-16)15-20-21-23(29)27(13-4-14-28)25(30)26(3)24(21)31-22(20)19-11-7-17(2)8-12-19/h5-12,28H,4,13-15H2,1-3H3. The molecule has 5 nitrogen and oxygen atoms in total.